The van der Waals surface area contributed by atoms with E-state index >= 15 is 0 Å². The predicted octanol–water partition coefficient (Wildman–Crippen LogP) is 8.16. The molecule has 1 amide bonds. The largest absolute Gasteiger partial charge is 0.494 e. The van der Waals surface area contributed by atoms with Crippen LogP contribution in [0.3, 0.4) is 0 Å². The molecule has 0 spiro atoms. The molecule has 0 unspecified atom stereocenters. The first-order valence-electron chi connectivity index (χ1n) is 16.7. The van der Waals surface area contributed by atoms with Gasteiger partial charge in [0.05, 0.1) is 13.2 Å². The van der Waals surface area contributed by atoms with Crippen molar-refractivity contribution >= 4 is 56.8 Å². The minimum atomic E-state index is -0.336. The molecular formula is C41H52N6O4. The molecule has 0 radical (unpaired) electrons. The Kier molecular flexibility index (Phi) is 15.7. The fourth-order valence-electron chi connectivity index (χ4n) is 4.63. The number of anilines is 6. The van der Waals surface area contributed by atoms with Crippen molar-refractivity contribution in [3.05, 3.63) is 127 Å². The van der Waals surface area contributed by atoms with Crippen LogP contribution in [0.2, 0.25) is 0 Å². The number of hydrogen-bond acceptors (Lipinski definition) is 9. The standard InChI is InChI=1S/C27H30N2O4.C8H12N2.C6H8N2.H2/c1-19(2)27(31)33-18-8-4-3-7-17-32-21-13-11-20(12-14-21)26(30)29-25-16-15-24(28)22-9-5-6-10-23(22)25;1-10(2)8-5-3-7(9)4-6-8;7-5-1-2-6(8)4-3-5;/h5-6,9-16H,1,3-4,7-8,17-18,28H2,2H3,(H,29,30);3-6H,9H2,1-2H3;1-4H,7-8H2;1H. The SMILES string of the molecule is C=C(C)C(=O)OCCCCCCOc1ccc(C(=O)Nc2ccc(N)c3ccccc23)cc1.CN(C)c1ccc(N)cc1.Nc1ccc(N)cc1.[HH]. The second-order valence-electron chi connectivity index (χ2n) is 12.1. The number of benzene rings is 5. The van der Waals surface area contributed by atoms with Crippen LogP contribution in [0.4, 0.5) is 34.1 Å². The first-order valence-corrected chi connectivity index (χ1v) is 16.7. The van der Waals surface area contributed by atoms with Gasteiger partial charge in [0.15, 0.2) is 0 Å². The zero-order chi connectivity index (χ0) is 37.2. The Bertz CT molecular complexity index is 1830. The molecule has 0 saturated carbocycles. The highest BCUT2D eigenvalue weighted by Crippen LogP contribution is 2.28. The molecule has 0 aromatic heterocycles. The zero-order valence-corrected chi connectivity index (χ0v) is 29.7. The third-order valence-corrected chi connectivity index (χ3v) is 7.56. The number of rotatable bonds is 12. The maximum Gasteiger partial charge on any atom is 0.333 e. The summed E-state index contributed by atoms with van der Waals surface area (Å²) in [5, 5.41) is 4.78. The Morgan fingerprint density at radius 1 is 0.686 bits per heavy atom. The molecule has 10 nitrogen and oxygen atoms in total. The Morgan fingerprint density at radius 2 is 1.22 bits per heavy atom. The lowest BCUT2D eigenvalue weighted by atomic mass is 10.1. The molecule has 5 rings (SSSR count). The fraction of sp³-hybridized carbons (Fsp3) is 0.220. The zero-order valence-electron chi connectivity index (χ0n) is 29.7. The lowest BCUT2D eigenvalue weighted by Crippen LogP contribution is -2.12. The van der Waals surface area contributed by atoms with Crippen molar-refractivity contribution in [2.24, 2.45) is 0 Å². The molecule has 5 aromatic carbocycles. The lowest BCUT2D eigenvalue weighted by Gasteiger charge is -2.11. The number of carbonyl (C=O) groups is 2. The molecule has 0 saturated heterocycles. The average Bonchev–Trinajstić information content (AvgIpc) is 3.12. The van der Waals surface area contributed by atoms with Gasteiger partial charge in [-0.15, -0.1) is 0 Å². The number of esters is 1. The number of carbonyl (C=O) groups excluding carboxylic acids is 2. The highest BCUT2D eigenvalue weighted by atomic mass is 16.5. The number of fused-ring (bicyclic) bond motifs is 1. The van der Waals surface area contributed by atoms with Gasteiger partial charge < -0.3 is 42.6 Å². The van der Waals surface area contributed by atoms with E-state index in [1.54, 1.807) is 61.5 Å². The molecular weight excluding hydrogens is 640 g/mol. The number of hydrogen-bond donors (Lipinski definition) is 5. The van der Waals surface area contributed by atoms with Gasteiger partial charge in [0.2, 0.25) is 0 Å². The van der Waals surface area contributed by atoms with Crippen LogP contribution in [-0.2, 0) is 9.53 Å². The molecule has 0 fully saturated rings. The van der Waals surface area contributed by atoms with Gasteiger partial charge in [-0.05, 0) is 118 Å². The number of ether oxygens (including phenoxy) is 2. The van der Waals surface area contributed by atoms with E-state index in [0.717, 1.165) is 65.0 Å². The van der Waals surface area contributed by atoms with Crippen molar-refractivity contribution in [1.82, 2.24) is 0 Å². The van der Waals surface area contributed by atoms with Crippen molar-refractivity contribution in [1.29, 1.82) is 0 Å². The first-order chi connectivity index (χ1) is 24.4. The van der Waals surface area contributed by atoms with E-state index < -0.39 is 0 Å². The van der Waals surface area contributed by atoms with Crippen LogP contribution in [0.25, 0.3) is 10.8 Å². The topological polar surface area (TPSA) is 172 Å². The van der Waals surface area contributed by atoms with Crippen molar-refractivity contribution < 1.29 is 20.5 Å². The van der Waals surface area contributed by atoms with E-state index in [2.05, 4.69) is 11.9 Å². The minimum absolute atomic E-state index is 0. The van der Waals surface area contributed by atoms with E-state index in [0.29, 0.717) is 30.0 Å². The van der Waals surface area contributed by atoms with Gasteiger partial charge in [0.25, 0.3) is 5.91 Å². The molecule has 5 aromatic rings. The molecule has 0 bridgehead atoms. The third kappa shape index (κ3) is 13.7. The number of unbranched alkanes of at least 4 members (excludes halogenated alkanes) is 3. The summed E-state index contributed by atoms with van der Waals surface area (Å²) in [5.74, 6) is 0.195. The molecule has 0 aliphatic carbocycles. The van der Waals surface area contributed by atoms with Gasteiger partial charge in [0.1, 0.15) is 5.75 Å². The van der Waals surface area contributed by atoms with Gasteiger partial charge >= 0.3 is 5.97 Å². The highest BCUT2D eigenvalue weighted by Gasteiger charge is 2.10. The highest BCUT2D eigenvalue weighted by molar-refractivity contribution is 6.11. The smallest absolute Gasteiger partial charge is 0.333 e. The van der Waals surface area contributed by atoms with Crippen molar-refractivity contribution in [3.63, 3.8) is 0 Å². The quantitative estimate of drug-likeness (QED) is 0.0374. The first kappa shape index (κ1) is 39.3. The molecule has 0 aliphatic rings. The van der Waals surface area contributed by atoms with E-state index in [1.165, 1.54) is 5.69 Å². The number of nitrogens with zero attached hydrogens (tertiary/aromatic N) is 1. The van der Waals surface area contributed by atoms with Crippen LogP contribution in [0, 0.1) is 0 Å². The second kappa shape index (κ2) is 20.4. The molecule has 270 valence electrons. The molecule has 0 aliphatic heterocycles. The van der Waals surface area contributed by atoms with E-state index in [-0.39, 0.29) is 13.3 Å². The molecule has 10 heteroatoms. The maximum atomic E-state index is 12.7. The van der Waals surface area contributed by atoms with E-state index in [1.807, 2.05) is 73.6 Å². The number of nitrogens with two attached hydrogens (primary N) is 4. The summed E-state index contributed by atoms with van der Waals surface area (Å²) in [5.41, 5.74) is 28.1. The number of nitrogen functional groups attached to an aromatic ring is 4. The summed E-state index contributed by atoms with van der Waals surface area (Å²) in [4.78, 5) is 26.0. The molecule has 0 atom stereocenters. The molecule has 9 N–H and O–H groups in total. The fourth-order valence-corrected chi connectivity index (χ4v) is 4.63. The predicted molar refractivity (Wildman–Crippen MR) is 215 cm³/mol. The van der Waals surface area contributed by atoms with Crippen LogP contribution < -0.4 is 37.9 Å². The monoisotopic (exact) mass is 692 g/mol. The Hall–Kier alpha value is -6.16. The van der Waals surface area contributed by atoms with E-state index in [9.17, 15) is 9.59 Å². The van der Waals surface area contributed by atoms with Gasteiger partial charge in [-0.25, -0.2) is 4.79 Å². The van der Waals surface area contributed by atoms with Crippen LogP contribution in [-0.4, -0.2) is 39.2 Å². The third-order valence-electron chi connectivity index (χ3n) is 7.56. The van der Waals surface area contributed by atoms with Gasteiger partial charge in [0, 0.05) is 71.6 Å². The number of amides is 1. The molecule has 51 heavy (non-hydrogen) atoms. The Labute approximate surface area is 302 Å². The summed E-state index contributed by atoms with van der Waals surface area (Å²) < 4.78 is 10.8. The van der Waals surface area contributed by atoms with Gasteiger partial charge in [-0.2, -0.15) is 0 Å². The van der Waals surface area contributed by atoms with Crippen molar-refractivity contribution in [2.45, 2.75) is 32.6 Å². The summed E-state index contributed by atoms with van der Waals surface area (Å²) in [7, 11) is 4.01. The summed E-state index contributed by atoms with van der Waals surface area (Å²) in [6.45, 7) is 6.20. The second-order valence-corrected chi connectivity index (χ2v) is 12.1. The number of nitrogens with one attached hydrogen (secondary N) is 1. The summed E-state index contributed by atoms with van der Waals surface area (Å²) >= 11 is 0. The Morgan fingerprint density at radius 3 is 1.76 bits per heavy atom. The van der Waals surface area contributed by atoms with E-state index in [4.69, 9.17) is 32.4 Å². The average molecular weight is 693 g/mol. The van der Waals surface area contributed by atoms with Gasteiger partial charge in [-0.3, -0.25) is 4.79 Å². The Balaban J connectivity index is 0.000000400. The maximum absolute atomic E-state index is 12.7. The summed E-state index contributed by atoms with van der Waals surface area (Å²) in [6, 6.07) is 33.3. The van der Waals surface area contributed by atoms with Crippen LogP contribution >= 0.6 is 0 Å². The normalized spacial score (nSPS) is 10.1. The summed E-state index contributed by atoms with van der Waals surface area (Å²) in [6.07, 6.45) is 3.68. The van der Waals surface area contributed by atoms with Crippen LogP contribution in [0.1, 0.15) is 44.4 Å². The van der Waals surface area contributed by atoms with Crippen molar-refractivity contribution in [3.8, 4) is 5.75 Å². The van der Waals surface area contributed by atoms with Crippen LogP contribution in [0.15, 0.2) is 121 Å². The van der Waals surface area contributed by atoms with Crippen LogP contribution in [0.5, 0.6) is 5.75 Å². The minimum Gasteiger partial charge on any atom is -0.494 e. The van der Waals surface area contributed by atoms with Crippen molar-refractivity contribution in [2.75, 3.05) is 60.5 Å². The molecule has 0 heterocycles. The van der Waals surface area contributed by atoms with Gasteiger partial charge in [-0.1, -0.05) is 30.8 Å². The lowest BCUT2D eigenvalue weighted by molar-refractivity contribution is -0.139.